The number of aromatic nitrogens is 3. The smallest absolute Gasteiger partial charge is 0.276 e. The highest BCUT2D eigenvalue weighted by atomic mass is 16.5. The summed E-state index contributed by atoms with van der Waals surface area (Å²) < 4.78 is 10.2. The predicted molar refractivity (Wildman–Crippen MR) is 89.2 cm³/mol. The molecule has 0 spiro atoms. The molecule has 0 unspecified atom stereocenters. The molecule has 4 rings (SSSR count). The van der Waals surface area contributed by atoms with Gasteiger partial charge in [-0.1, -0.05) is 35.5 Å². The Kier molecular flexibility index (Phi) is 3.89. The first-order valence-corrected chi connectivity index (χ1v) is 7.93. The van der Waals surface area contributed by atoms with Crippen molar-refractivity contribution in [2.75, 3.05) is 20.2 Å². The monoisotopic (exact) mass is 336 g/mol. The van der Waals surface area contributed by atoms with Gasteiger partial charge < -0.3 is 14.2 Å². The maximum atomic E-state index is 12.5. The summed E-state index contributed by atoms with van der Waals surface area (Å²) in [7, 11) is 1.52. The molecule has 7 heteroatoms. The number of likely N-dealkylation sites (tertiary alicyclic amines) is 1. The zero-order valence-electron chi connectivity index (χ0n) is 13.6. The molecular formula is C18H16N4O3. The standard InChI is InChI=1S/C18H16N4O3/c1-24-17-8-7-14(19-20-17)16-9-15(21-25-16)18(23)22-10-13(11-22)12-5-3-2-4-6-12/h2-9,13H,10-11H2,1H3. The van der Waals surface area contributed by atoms with Crippen LogP contribution in [0.2, 0.25) is 0 Å². The van der Waals surface area contributed by atoms with Gasteiger partial charge in [-0.25, -0.2) is 0 Å². The summed E-state index contributed by atoms with van der Waals surface area (Å²) >= 11 is 0. The molecule has 1 aliphatic heterocycles. The van der Waals surface area contributed by atoms with Gasteiger partial charge in [0.2, 0.25) is 5.88 Å². The first-order valence-electron chi connectivity index (χ1n) is 7.93. The summed E-state index contributed by atoms with van der Waals surface area (Å²) in [6, 6.07) is 15.2. The van der Waals surface area contributed by atoms with Crippen LogP contribution in [0.4, 0.5) is 0 Å². The maximum absolute atomic E-state index is 12.5. The van der Waals surface area contributed by atoms with Crippen molar-refractivity contribution in [1.82, 2.24) is 20.3 Å². The highest BCUT2D eigenvalue weighted by Crippen LogP contribution is 2.28. The van der Waals surface area contributed by atoms with E-state index < -0.39 is 0 Å². The summed E-state index contributed by atoms with van der Waals surface area (Å²) in [6.07, 6.45) is 0. The first-order chi connectivity index (χ1) is 12.2. The van der Waals surface area contributed by atoms with E-state index in [9.17, 15) is 4.79 Å². The van der Waals surface area contributed by atoms with Crippen molar-refractivity contribution in [2.45, 2.75) is 5.92 Å². The molecule has 7 nitrogen and oxygen atoms in total. The number of benzene rings is 1. The number of nitrogens with zero attached hydrogens (tertiary/aromatic N) is 4. The molecule has 0 saturated carbocycles. The number of hydrogen-bond donors (Lipinski definition) is 0. The van der Waals surface area contributed by atoms with E-state index in [4.69, 9.17) is 9.26 Å². The quantitative estimate of drug-likeness (QED) is 0.727. The Morgan fingerprint density at radius 1 is 1.16 bits per heavy atom. The van der Waals surface area contributed by atoms with Gasteiger partial charge in [-0.05, 0) is 11.6 Å². The number of ether oxygens (including phenoxy) is 1. The van der Waals surface area contributed by atoms with Crippen molar-refractivity contribution in [3.05, 3.63) is 59.8 Å². The van der Waals surface area contributed by atoms with Crippen LogP contribution in [0.1, 0.15) is 22.0 Å². The fourth-order valence-electron chi connectivity index (χ4n) is 2.80. The van der Waals surface area contributed by atoms with Crippen molar-refractivity contribution in [1.29, 1.82) is 0 Å². The average Bonchev–Trinajstić information content (AvgIpc) is 3.11. The molecule has 1 fully saturated rings. The van der Waals surface area contributed by atoms with Crippen LogP contribution in [-0.4, -0.2) is 46.4 Å². The highest BCUT2D eigenvalue weighted by molar-refractivity contribution is 5.93. The van der Waals surface area contributed by atoms with E-state index in [1.807, 2.05) is 18.2 Å². The van der Waals surface area contributed by atoms with Crippen LogP contribution in [0.5, 0.6) is 5.88 Å². The Balaban J connectivity index is 1.43. The topological polar surface area (TPSA) is 81.4 Å². The Bertz CT molecular complexity index is 871. The van der Waals surface area contributed by atoms with Gasteiger partial charge in [0.05, 0.1) is 7.11 Å². The van der Waals surface area contributed by atoms with Crippen molar-refractivity contribution in [2.24, 2.45) is 0 Å². The predicted octanol–water partition coefficient (Wildman–Crippen LogP) is 2.38. The second-order valence-electron chi connectivity index (χ2n) is 5.86. The van der Waals surface area contributed by atoms with Crippen molar-refractivity contribution >= 4 is 5.91 Å². The SMILES string of the molecule is COc1ccc(-c2cc(C(=O)N3CC(c4ccccc4)C3)no2)nn1. The van der Waals surface area contributed by atoms with Crippen LogP contribution < -0.4 is 4.74 Å². The van der Waals surface area contributed by atoms with Gasteiger partial charge >= 0.3 is 0 Å². The molecule has 0 bridgehead atoms. The van der Waals surface area contributed by atoms with Gasteiger partial charge in [-0.2, -0.15) is 0 Å². The molecule has 1 aromatic carbocycles. The number of carbonyl (C=O) groups excluding carboxylic acids is 1. The molecule has 25 heavy (non-hydrogen) atoms. The zero-order chi connectivity index (χ0) is 17.2. The van der Waals surface area contributed by atoms with Crippen LogP contribution in [0.3, 0.4) is 0 Å². The number of carbonyl (C=O) groups is 1. The molecule has 3 heterocycles. The molecule has 3 aromatic rings. The Morgan fingerprint density at radius 2 is 1.96 bits per heavy atom. The van der Waals surface area contributed by atoms with E-state index in [0.717, 1.165) is 0 Å². The van der Waals surface area contributed by atoms with Gasteiger partial charge in [0.25, 0.3) is 5.91 Å². The first kappa shape index (κ1) is 15.3. The van der Waals surface area contributed by atoms with Crippen LogP contribution in [0.15, 0.2) is 53.1 Å². The summed E-state index contributed by atoms with van der Waals surface area (Å²) in [5.74, 6) is 1.05. The van der Waals surface area contributed by atoms with Crippen molar-refractivity contribution in [3.63, 3.8) is 0 Å². The Morgan fingerprint density at radius 3 is 2.64 bits per heavy atom. The van der Waals surface area contributed by atoms with Crippen LogP contribution in [0, 0.1) is 0 Å². The average molecular weight is 336 g/mol. The lowest BCUT2D eigenvalue weighted by molar-refractivity contribution is 0.0591. The Hall–Kier alpha value is -3.22. The van der Waals surface area contributed by atoms with Gasteiger partial charge in [-0.15, -0.1) is 10.2 Å². The minimum absolute atomic E-state index is 0.136. The van der Waals surface area contributed by atoms with E-state index in [2.05, 4.69) is 27.5 Å². The van der Waals surface area contributed by atoms with E-state index in [1.54, 1.807) is 23.1 Å². The summed E-state index contributed by atoms with van der Waals surface area (Å²) in [4.78, 5) is 14.3. The van der Waals surface area contributed by atoms with Crippen molar-refractivity contribution < 1.29 is 14.1 Å². The highest BCUT2D eigenvalue weighted by Gasteiger charge is 2.33. The molecular weight excluding hydrogens is 320 g/mol. The van der Waals surface area contributed by atoms with Crippen LogP contribution >= 0.6 is 0 Å². The maximum Gasteiger partial charge on any atom is 0.276 e. The third kappa shape index (κ3) is 2.96. The summed E-state index contributed by atoms with van der Waals surface area (Å²) in [5, 5.41) is 11.7. The zero-order valence-corrected chi connectivity index (χ0v) is 13.6. The lowest BCUT2D eigenvalue weighted by Gasteiger charge is -2.39. The number of methoxy groups -OCH3 is 1. The third-order valence-corrected chi connectivity index (χ3v) is 4.27. The second kappa shape index (κ2) is 6.35. The molecule has 0 N–H and O–H groups in total. The number of amides is 1. The third-order valence-electron chi connectivity index (χ3n) is 4.27. The van der Waals surface area contributed by atoms with Gasteiger partial charge in [-0.3, -0.25) is 4.79 Å². The molecule has 1 saturated heterocycles. The normalized spacial score (nSPS) is 14.2. The summed E-state index contributed by atoms with van der Waals surface area (Å²) in [6.45, 7) is 1.38. The van der Waals surface area contributed by atoms with E-state index >= 15 is 0 Å². The minimum atomic E-state index is -0.136. The lowest BCUT2D eigenvalue weighted by atomic mass is 9.91. The van der Waals surface area contributed by atoms with Crippen LogP contribution in [0.25, 0.3) is 11.5 Å². The lowest BCUT2D eigenvalue weighted by Crippen LogP contribution is -2.48. The molecule has 1 aliphatic rings. The molecule has 0 aliphatic carbocycles. The minimum Gasteiger partial charge on any atom is -0.480 e. The fraction of sp³-hybridized carbons (Fsp3) is 0.222. The van der Waals surface area contributed by atoms with Crippen LogP contribution in [-0.2, 0) is 0 Å². The molecule has 2 aromatic heterocycles. The van der Waals surface area contributed by atoms with Gasteiger partial charge in [0, 0.05) is 31.1 Å². The Labute approximate surface area is 144 Å². The van der Waals surface area contributed by atoms with Crippen molar-refractivity contribution in [3.8, 4) is 17.3 Å². The van der Waals surface area contributed by atoms with Gasteiger partial charge in [0.1, 0.15) is 5.69 Å². The largest absolute Gasteiger partial charge is 0.480 e. The number of hydrogen-bond acceptors (Lipinski definition) is 6. The molecule has 0 radical (unpaired) electrons. The molecule has 1 amide bonds. The number of rotatable bonds is 4. The van der Waals surface area contributed by atoms with E-state index in [-0.39, 0.29) is 11.6 Å². The fourth-order valence-corrected chi connectivity index (χ4v) is 2.80. The molecule has 126 valence electrons. The second-order valence-corrected chi connectivity index (χ2v) is 5.86. The van der Waals surface area contributed by atoms with E-state index in [1.165, 1.54) is 12.7 Å². The van der Waals surface area contributed by atoms with Gasteiger partial charge in [0.15, 0.2) is 11.5 Å². The summed E-state index contributed by atoms with van der Waals surface area (Å²) in [5.41, 5.74) is 2.03. The molecule has 0 atom stereocenters. The van der Waals surface area contributed by atoms with E-state index in [0.29, 0.717) is 36.3 Å².